The minimum atomic E-state index is -4.56. The first kappa shape index (κ1) is 18.9. The zero-order chi connectivity index (χ0) is 19.3. The Morgan fingerprint density at radius 2 is 1.96 bits per heavy atom. The number of benzene rings is 2. The summed E-state index contributed by atoms with van der Waals surface area (Å²) in [6, 6.07) is 7.38. The molecule has 2 aromatic carbocycles. The Balaban J connectivity index is 2.06. The number of nitrogens with one attached hydrogen (secondary N) is 1. The van der Waals surface area contributed by atoms with Crippen molar-refractivity contribution < 1.29 is 32.4 Å². The number of nitro benzene ring substituents is 1. The van der Waals surface area contributed by atoms with Crippen LogP contribution in [0.25, 0.3) is 0 Å². The molecule has 0 aliphatic heterocycles. The molecule has 136 valence electrons. The van der Waals surface area contributed by atoms with Gasteiger partial charge >= 0.3 is 11.9 Å². The lowest BCUT2D eigenvalue weighted by atomic mass is 10.2. The van der Waals surface area contributed by atoms with E-state index in [1.54, 1.807) is 0 Å². The standard InChI is InChI=1S/C16H11F3N2O5/c17-16(18,19)11-2-1-3-12(7-11)20-15(23)9-26-14-5-4-10(8-22)6-13(14)21(24)25/h1-8H,9H2,(H,20,23). The molecule has 0 bridgehead atoms. The maximum Gasteiger partial charge on any atom is 0.416 e. The number of alkyl halides is 3. The van der Waals surface area contributed by atoms with Gasteiger partial charge in [-0.15, -0.1) is 0 Å². The Hall–Kier alpha value is -3.43. The second-order valence-electron chi connectivity index (χ2n) is 5.02. The van der Waals surface area contributed by atoms with Crippen molar-refractivity contribution in [1.29, 1.82) is 0 Å². The van der Waals surface area contributed by atoms with Gasteiger partial charge in [0.1, 0.15) is 6.29 Å². The maximum atomic E-state index is 12.6. The molecule has 2 aromatic rings. The van der Waals surface area contributed by atoms with Crippen LogP contribution in [0.5, 0.6) is 5.75 Å². The molecular formula is C16H11F3N2O5. The van der Waals surface area contributed by atoms with E-state index in [9.17, 15) is 32.9 Å². The van der Waals surface area contributed by atoms with Gasteiger partial charge < -0.3 is 10.1 Å². The zero-order valence-corrected chi connectivity index (χ0v) is 12.9. The number of ether oxygens (including phenoxy) is 1. The predicted octanol–water partition coefficient (Wildman–Crippen LogP) is 3.44. The number of aldehydes is 1. The van der Waals surface area contributed by atoms with Crippen molar-refractivity contribution >= 4 is 23.6 Å². The molecule has 2 rings (SSSR count). The van der Waals surface area contributed by atoms with Crippen LogP contribution < -0.4 is 10.1 Å². The van der Waals surface area contributed by atoms with Crippen LogP contribution in [0.1, 0.15) is 15.9 Å². The van der Waals surface area contributed by atoms with E-state index in [0.29, 0.717) is 6.29 Å². The van der Waals surface area contributed by atoms with Gasteiger partial charge in [-0.2, -0.15) is 13.2 Å². The van der Waals surface area contributed by atoms with Gasteiger partial charge in [0.15, 0.2) is 12.4 Å². The fraction of sp³-hybridized carbons (Fsp3) is 0.125. The minimum absolute atomic E-state index is 0.0532. The van der Waals surface area contributed by atoms with Crippen LogP contribution in [0.3, 0.4) is 0 Å². The second-order valence-corrected chi connectivity index (χ2v) is 5.02. The highest BCUT2D eigenvalue weighted by Gasteiger charge is 2.30. The largest absolute Gasteiger partial charge is 0.477 e. The highest BCUT2D eigenvalue weighted by atomic mass is 19.4. The number of anilines is 1. The number of nitro groups is 1. The summed E-state index contributed by atoms with van der Waals surface area (Å²) in [6.07, 6.45) is -4.14. The van der Waals surface area contributed by atoms with E-state index in [4.69, 9.17) is 4.74 Å². The van der Waals surface area contributed by atoms with Crippen molar-refractivity contribution in [3.8, 4) is 5.75 Å². The normalized spacial score (nSPS) is 10.9. The number of hydrogen-bond donors (Lipinski definition) is 1. The van der Waals surface area contributed by atoms with Crippen LogP contribution in [0.4, 0.5) is 24.5 Å². The van der Waals surface area contributed by atoms with Gasteiger partial charge in [0.2, 0.25) is 0 Å². The van der Waals surface area contributed by atoms with Crippen molar-refractivity contribution in [3.05, 3.63) is 63.7 Å². The molecule has 0 unspecified atom stereocenters. The van der Waals surface area contributed by atoms with Gasteiger partial charge in [-0.1, -0.05) is 6.07 Å². The SMILES string of the molecule is O=Cc1ccc(OCC(=O)Nc2cccc(C(F)(F)F)c2)c([N+](=O)[O-])c1. The van der Waals surface area contributed by atoms with E-state index in [-0.39, 0.29) is 17.0 Å². The third-order valence-electron chi connectivity index (χ3n) is 3.15. The van der Waals surface area contributed by atoms with E-state index >= 15 is 0 Å². The van der Waals surface area contributed by atoms with E-state index in [1.807, 2.05) is 0 Å². The van der Waals surface area contributed by atoms with E-state index in [0.717, 1.165) is 30.3 Å². The highest BCUT2D eigenvalue weighted by molar-refractivity contribution is 5.92. The first-order valence-electron chi connectivity index (χ1n) is 7.04. The fourth-order valence-corrected chi connectivity index (χ4v) is 1.99. The molecule has 0 saturated heterocycles. The summed E-state index contributed by atoms with van der Waals surface area (Å²) in [5, 5.41) is 13.2. The molecule has 0 saturated carbocycles. The maximum absolute atomic E-state index is 12.6. The summed E-state index contributed by atoms with van der Waals surface area (Å²) >= 11 is 0. The van der Waals surface area contributed by atoms with Crippen molar-refractivity contribution in [2.45, 2.75) is 6.18 Å². The molecular weight excluding hydrogens is 357 g/mol. The lowest BCUT2D eigenvalue weighted by molar-refractivity contribution is -0.385. The summed E-state index contributed by atoms with van der Waals surface area (Å²) in [7, 11) is 0. The summed E-state index contributed by atoms with van der Waals surface area (Å²) in [5.41, 5.74) is -1.49. The molecule has 0 spiro atoms. The molecule has 0 heterocycles. The monoisotopic (exact) mass is 368 g/mol. The molecule has 26 heavy (non-hydrogen) atoms. The Labute approximate surface area is 144 Å². The summed E-state index contributed by atoms with van der Waals surface area (Å²) < 4.78 is 42.9. The van der Waals surface area contributed by atoms with Gasteiger partial charge in [-0.05, 0) is 30.3 Å². The van der Waals surface area contributed by atoms with Crippen molar-refractivity contribution in [2.75, 3.05) is 11.9 Å². The number of halogens is 3. The van der Waals surface area contributed by atoms with E-state index in [1.165, 1.54) is 12.1 Å². The molecule has 0 atom stereocenters. The highest BCUT2D eigenvalue weighted by Crippen LogP contribution is 2.31. The van der Waals surface area contributed by atoms with Crippen LogP contribution >= 0.6 is 0 Å². The molecule has 0 aromatic heterocycles. The molecule has 7 nitrogen and oxygen atoms in total. The van der Waals surface area contributed by atoms with Crippen LogP contribution in [0, 0.1) is 10.1 Å². The van der Waals surface area contributed by atoms with Crippen LogP contribution in [-0.2, 0) is 11.0 Å². The van der Waals surface area contributed by atoms with Crippen LogP contribution in [-0.4, -0.2) is 23.7 Å². The van der Waals surface area contributed by atoms with Crippen molar-refractivity contribution in [1.82, 2.24) is 0 Å². The molecule has 0 fully saturated rings. The lowest BCUT2D eigenvalue weighted by Crippen LogP contribution is -2.20. The molecule has 10 heteroatoms. The smallest absolute Gasteiger partial charge is 0.416 e. The Morgan fingerprint density at radius 1 is 1.23 bits per heavy atom. The van der Waals surface area contributed by atoms with Gasteiger partial charge in [-0.3, -0.25) is 19.7 Å². The quantitative estimate of drug-likeness (QED) is 0.478. The predicted molar refractivity (Wildman–Crippen MR) is 84.1 cm³/mol. The average molecular weight is 368 g/mol. The third kappa shape index (κ3) is 4.79. The Morgan fingerprint density at radius 3 is 2.58 bits per heavy atom. The number of carbonyl (C=O) groups excluding carboxylic acids is 2. The third-order valence-corrected chi connectivity index (χ3v) is 3.15. The number of rotatable bonds is 6. The topological polar surface area (TPSA) is 98.5 Å². The molecule has 0 aliphatic rings. The number of nitrogens with zero attached hydrogens (tertiary/aromatic N) is 1. The van der Waals surface area contributed by atoms with Crippen molar-refractivity contribution in [2.24, 2.45) is 0 Å². The molecule has 1 amide bonds. The first-order chi connectivity index (χ1) is 12.2. The number of amides is 1. The van der Waals surface area contributed by atoms with Gasteiger partial charge in [-0.25, -0.2) is 0 Å². The molecule has 1 N–H and O–H groups in total. The summed E-state index contributed by atoms with van der Waals surface area (Å²) in [6.45, 7) is -0.669. The Bertz CT molecular complexity index is 852. The first-order valence-corrected chi connectivity index (χ1v) is 7.04. The zero-order valence-electron chi connectivity index (χ0n) is 12.9. The van der Waals surface area contributed by atoms with E-state index in [2.05, 4.69) is 5.32 Å². The summed E-state index contributed by atoms with van der Waals surface area (Å²) in [4.78, 5) is 32.6. The van der Waals surface area contributed by atoms with Crippen LogP contribution in [0.2, 0.25) is 0 Å². The lowest BCUT2D eigenvalue weighted by Gasteiger charge is -2.10. The van der Waals surface area contributed by atoms with Gasteiger partial charge in [0, 0.05) is 17.3 Å². The Kier molecular flexibility index (Phi) is 5.55. The number of hydrogen-bond acceptors (Lipinski definition) is 5. The summed E-state index contributed by atoms with van der Waals surface area (Å²) in [5.74, 6) is -1.06. The van der Waals surface area contributed by atoms with Gasteiger partial charge in [0.05, 0.1) is 10.5 Å². The average Bonchev–Trinajstić information content (AvgIpc) is 2.59. The van der Waals surface area contributed by atoms with Crippen LogP contribution in [0.15, 0.2) is 42.5 Å². The van der Waals surface area contributed by atoms with Gasteiger partial charge in [0.25, 0.3) is 5.91 Å². The van der Waals surface area contributed by atoms with E-state index < -0.39 is 34.9 Å². The number of carbonyl (C=O) groups is 2. The minimum Gasteiger partial charge on any atom is -0.477 e. The second kappa shape index (κ2) is 7.64. The van der Waals surface area contributed by atoms with Crippen molar-refractivity contribution in [3.63, 3.8) is 0 Å². The fourth-order valence-electron chi connectivity index (χ4n) is 1.99. The molecule has 0 aliphatic carbocycles. The molecule has 0 radical (unpaired) electrons.